The van der Waals surface area contributed by atoms with Gasteiger partial charge in [-0.15, -0.1) is 0 Å². The third-order valence-corrected chi connectivity index (χ3v) is 2.95. The third-order valence-electron chi connectivity index (χ3n) is 2.95. The second-order valence-corrected chi connectivity index (χ2v) is 4.12. The predicted octanol–water partition coefficient (Wildman–Crippen LogP) is 0.845. The molecule has 0 unspecified atom stereocenters. The Morgan fingerprint density at radius 1 is 0.579 bits per heavy atom. The normalized spacial score (nSPS) is 9.26. The quantitative estimate of drug-likeness (QED) is 0.606. The van der Waals surface area contributed by atoms with Gasteiger partial charge in [-0.1, -0.05) is 83.7 Å². The van der Waals surface area contributed by atoms with Crippen molar-refractivity contribution >= 4 is 29.0 Å². The summed E-state index contributed by atoms with van der Waals surface area (Å²) < 4.78 is 0. The van der Waals surface area contributed by atoms with E-state index in [2.05, 4.69) is 74.0 Å². The average Bonchev–Trinajstić information content (AvgIpc) is 2.40. The maximum atomic E-state index is 2.22. The van der Waals surface area contributed by atoms with E-state index in [0.29, 0.717) is 0 Å². The monoisotopic (exact) mass is 251 g/mol. The number of rotatable bonds is 2. The SMILES string of the molecule is O.O.[B](c1ccccc1)c1cccc2ccccc12. The molecule has 0 saturated carbocycles. The standard InChI is InChI=1S/C16H12B.2H2O/c1-2-9-14(10-3-1)17-16-12-6-8-13-7-4-5-11-15(13)16;;/h1-12H;2*1H2. The summed E-state index contributed by atoms with van der Waals surface area (Å²) in [5, 5.41) is 2.59. The molecule has 0 saturated heterocycles. The molecule has 3 aromatic rings. The van der Waals surface area contributed by atoms with Gasteiger partial charge in [0.1, 0.15) is 0 Å². The molecule has 0 heterocycles. The van der Waals surface area contributed by atoms with E-state index in [-0.39, 0.29) is 11.0 Å². The molecule has 1 radical (unpaired) electrons. The zero-order valence-electron chi connectivity index (χ0n) is 10.5. The van der Waals surface area contributed by atoms with Crippen LogP contribution in [0, 0.1) is 0 Å². The first-order valence-corrected chi connectivity index (χ1v) is 5.81. The van der Waals surface area contributed by atoms with E-state index in [1.54, 1.807) is 0 Å². The lowest BCUT2D eigenvalue weighted by Gasteiger charge is -2.05. The van der Waals surface area contributed by atoms with Crippen molar-refractivity contribution in [3.63, 3.8) is 0 Å². The van der Waals surface area contributed by atoms with E-state index < -0.39 is 0 Å². The van der Waals surface area contributed by atoms with E-state index in [1.165, 1.54) is 21.7 Å². The minimum atomic E-state index is 0. The molecule has 0 aliphatic heterocycles. The molecule has 95 valence electrons. The Morgan fingerprint density at radius 3 is 2.00 bits per heavy atom. The summed E-state index contributed by atoms with van der Waals surface area (Å²) in [5.74, 6) is 0. The van der Waals surface area contributed by atoms with Crippen LogP contribution in [-0.4, -0.2) is 18.2 Å². The topological polar surface area (TPSA) is 63.0 Å². The van der Waals surface area contributed by atoms with Gasteiger partial charge in [0.15, 0.2) is 7.28 Å². The molecular weight excluding hydrogens is 235 g/mol. The maximum Gasteiger partial charge on any atom is 0.192 e. The highest BCUT2D eigenvalue weighted by Gasteiger charge is 2.02. The van der Waals surface area contributed by atoms with Crippen molar-refractivity contribution in [3.8, 4) is 0 Å². The van der Waals surface area contributed by atoms with Crippen LogP contribution in [0.3, 0.4) is 0 Å². The van der Waals surface area contributed by atoms with Crippen molar-refractivity contribution in [3.05, 3.63) is 72.8 Å². The van der Waals surface area contributed by atoms with Crippen LogP contribution in [-0.2, 0) is 0 Å². The summed E-state index contributed by atoms with van der Waals surface area (Å²) >= 11 is 0. The number of benzene rings is 3. The number of fused-ring (bicyclic) bond motifs is 1. The summed E-state index contributed by atoms with van der Waals surface area (Å²) in [6, 6.07) is 25.3. The molecule has 0 spiro atoms. The van der Waals surface area contributed by atoms with Crippen LogP contribution >= 0.6 is 0 Å². The molecule has 0 aliphatic rings. The largest absolute Gasteiger partial charge is 0.412 e. The molecule has 3 rings (SSSR count). The highest BCUT2D eigenvalue weighted by Crippen LogP contribution is 2.09. The average molecular weight is 251 g/mol. The van der Waals surface area contributed by atoms with Crippen LogP contribution in [0.15, 0.2) is 72.8 Å². The fraction of sp³-hybridized carbons (Fsp3) is 0. The van der Waals surface area contributed by atoms with Crippen molar-refractivity contribution < 1.29 is 11.0 Å². The van der Waals surface area contributed by atoms with Gasteiger partial charge in [-0.2, -0.15) is 0 Å². The van der Waals surface area contributed by atoms with E-state index in [0.717, 1.165) is 0 Å². The zero-order chi connectivity index (χ0) is 11.5. The molecule has 3 aromatic carbocycles. The van der Waals surface area contributed by atoms with Crippen LogP contribution in [0.25, 0.3) is 10.8 Å². The van der Waals surface area contributed by atoms with Crippen LogP contribution in [0.5, 0.6) is 0 Å². The summed E-state index contributed by atoms with van der Waals surface area (Å²) in [7, 11) is 2.22. The number of hydrogen-bond donors (Lipinski definition) is 0. The van der Waals surface area contributed by atoms with Crippen molar-refractivity contribution in [1.29, 1.82) is 0 Å². The summed E-state index contributed by atoms with van der Waals surface area (Å²) in [6.45, 7) is 0. The zero-order valence-corrected chi connectivity index (χ0v) is 10.5. The van der Waals surface area contributed by atoms with Crippen LogP contribution < -0.4 is 10.9 Å². The first kappa shape index (κ1) is 15.0. The molecule has 2 nitrogen and oxygen atoms in total. The van der Waals surface area contributed by atoms with Gasteiger partial charge in [0.25, 0.3) is 0 Å². The lowest BCUT2D eigenvalue weighted by atomic mass is 9.63. The van der Waals surface area contributed by atoms with Gasteiger partial charge >= 0.3 is 0 Å². The molecule has 0 aliphatic carbocycles. The summed E-state index contributed by atoms with van der Waals surface area (Å²) in [5.41, 5.74) is 2.51. The highest BCUT2D eigenvalue weighted by atomic mass is 16.0. The van der Waals surface area contributed by atoms with Crippen LogP contribution in [0.2, 0.25) is 0 Å². The molecule has 0 atom stereocenters. The van der Waals surface area contributed by atoms with Gasteiger partial charge in [-0.05, 0) is 10.8 Å². The van der Waals surface area contributed by atoms with Gasteiger partial charge in [0.2, 0.25) is 0 Å². The Morgan fingerprint density at radius 2 is 1.21 bits per heavy atom. The maximum absolute atomic E-state index is 2.22. The second-order valence-electron chi connectivity index (χ2n) is 4.12. The van der Waals surface area contributed by atoms with E-state index in [1.807, 2.05) is 6.07 Å². The van der Waals surface area contributed by atoms with E-state index >= 15 is 0 Å². The first-order valence-electron chi connectivity index (χ1n) is 5.81. The molecule has 0 bridgehead atoms. The second kappa shape index (κ2) is 6.73. The Hall–Kier alpha value is -2.10. The van der Waals surface area contributed by atoms with Crippen molar-refractivity contribution in [1.82, 2.24) is 0 Å². The lowest BCUT2D eigenvalue weighted by molar-refractivity contribution is 0.823. The number of hydrogen-bond acceptors (Lipinski definition) is 0. The van der Waals surface area contributed by atoms with Gasteiger partial charge in [0.05, 0.1) is 0 Å². The van der Waals surface area contributed by atoms with Gasteiger partial charge in [0, 0.05) is 0 Å². The lowest BCUT2D eigenvalue weighted by Crippen LogP contribution is -2.27. The van der Waals surface area contributed by atoms with E-state index in [9.17, 15) is 0 Å². The molecule has 19 heavy (non-hydrogen) atoms. The van der Waals surface area contributed by atoms with Crippen molar-refractivity contribution in [2.45, 2.75) is 0 Å². The summed E-state index contributed by atoms with van der Waals surface area (Å²) in [4.78, 5) is 0. The molecular formula is C16H16BO2. The van der Waals surface area contributed by atoms with Crippen molar-refractivity contribution in [2.75, 3.05) is 0 Å². The Kier molecular flexibility index (Phi) is 5.30. The van der Waals surface area contributed by atoms with Gasteiger partial charge < -0.3 is 11.0 Å². The minimum Gasteiger partial charge on any atom is -0.412 e. The van der Waals surface area contributed by atoms with Gasteiger partial charge in [-0.25, -0.2) is 0 Å². The molecule has 3 heteroatoms. The third kappa shape index (κ3) is 3.22. The molecule has 0 fully saturated rings. The predicted molar refractivity (Wildman–Crippen MR) is 82.6 cm³/mol. The van der Waals surface area contributed by atoms with E-state index in [4.69, 9.17) is 0 Å². The fourth-order valence-corrected chi connectivity index (χ4v) is 2.11. The highest BCUT2D eigenvalue weighted by molar-refractivity contribution is 6.69. The van der Waals surface area contributed by atoms with Crippen LogP contribution in [0.4, 0.5) is 0 Å². The Balaban J connectivity index is 0.000000902. The minimum absolute atomic E-state index is 0. The molecule has 4 N–H and O–H groups in total. The van der Waals surface area contributed by atoms with Gasteiger partial charge in [-0.3, -0.25) is 0 Å². The van der Waals surface area contributed by atoms with Crippen LogP contribution in [0.1, 0.15) is 0 Å². The molecule has 0 aromatic heterocycles. The first-order chi connectivity index (χ1) is 8.43. The van der Waals surface area contributed by atoms with Crippen molar-refractivity contribution in [2.24, 2.45) is 0 Å². The smallest absolute Gasteiger partial charge is 0.192 e. The molecule has 0 amide bonds. The fourth-order valence-electron chi connectivity index (χ4n) is 2.11. The Bertz CT molecular complexity index is 633. The Labute approximate surface area is 113 Å². The summed E-state index contributed by atoms with van der Waals surface area (Å²) in [6.07, 6.45) is 0.